The van der Waals surface area contributed by atoms with Crippen LogP contribution in [0, 0.1) is 5.82 Å². The Morgan fingerprint density at radius 2 is 1.77 bits per heavy atom. The Hall–Kier alpha value is -3.06. The number of hydrogen-bond donors (Lipinski definition) is 1. The number of nitrogens with one attached hydrogen (secondary N) is 1. The third kappa shape index (κ3) is 4.26. The molecule has 3 amide bonds. The predicted molar refractivity (Wildman–Crippen MR) is 110 cm³/mol. The Labute approximate surface area is 174 Å². The van der Waals surface area contributed by atoms with Crippen LogP contribution in [-0.4, -0.2) is 53.7 Å². The normalized spacial score (nSPS) is 16.2. The van der Waals surface area contributed by atoms with E-state index in [1.807, 2.05) is 0 Å². The molecular weight excluding hydrogens is 385 g/mol. The molecule has 0 radical (unpaired) electrons. The largest absolute Gasteiger partial charge is 0.352 e. The molecule has 0 spiro atoms. The zero-order valence-electron chi connectivity index (χ0n) is 16.7. The quantitative estimate of drug-likeness (QED) is 0.564. The van der Waals surface area contributed by atoms with Gasteiger partial charge in [0.05, 0.1) is 17.7 Å². The van der Waals surface area contributed by atoms with Crippen LogP contribution >= 0.6 is 0 Å². The summed E-state index contributed by atoms with van der Waals surface area (Å²) in [5.74, 6) is -1.59. The lowest BCUT2D eigenvalue weighted by atomic mass is 10.1. The van der Waals surface area contributed by atoms with Gasteiger partial charge in [-0.3, -0.25) is 19.3 Å². The van der Waals surface area contributed by atoms with E-state index in [9.17, 15) is 18.8 Å². The lowest BCUT2D eigenvalue weighted by Crippen LogP contribution is -2.29. The van der Waals surface area contributed by atoms with Crippen molar-refractivity contribution >= 4 is 17.7 Å². The van der Waals surface area contributed by atoms with Crippen LogP contribution in [0.2, 0.25) is 0 Å². The number of rotatable bonds is 7. The molecule has 0 aromatic heterocycles. The number of hydrogen-bond acceptors (Lipinski definition) is 4. The van der Waals surface area contributed by atoms with Crippen molar-refractivity contribution in [2.24, 2.45) is 0 Å². The number of carbonyl (C=O) groups excluding carboxylic acids is 3. The molecule has 0 atom stereocenters. The van der Waals surface area contributed by atoms with E-state index in [2.05, 4.69) is 10.2 Å². The molecule has 2 aliphatic rings. The standard InChI is InChI=1S/C23H24FN3O3/c24-18-6-3-5-16(13-18)15-27-22(29)19-8-7-17(14-20(19)23(27)30)21(28)25-9-4-12-26-10-1-2-11-26/h3,5-8,13-14H,1-2,4,9-12,15H2,(H,25,28). The Balaban J connectivity index is 1.39. The second-order valence-electron chi connectivity index (χ2n) is 7.74. The summed E-state index contributed by atoms with van der Waals surface area (Å²) in [6.07, 6.45) is 3.35. The van der Waals surface area contributed by atoms with E-state index >= 15 is 0 Å². The highest BCUT2D eigenvalue weighted by Gasteiger charge is 2.36. The van der Waals surface area contributed by atoms with E-state index < -0.39 is 17.6 Å². The van der Waals surface area contributed by atoms with Gasteiger partial charge in [0.15, 0.2) is 0 Å². The monoisotopic (exact) mass is 409 g/mol. The highest BCUT2D eigenvalue weighted by atomic mass is 19.1. The Kier molecular flexibility index (Phi) is 5.90. The van der Waals surface area contributed by atoms with Gasteiger partial charge in [0.1, 0.15) is 5.82 Å². The second kappa shape index (κ2) is 8.75. The molecule has 4 rings (SSSR count). The number of halogens is 1. The van der Waals surface area contributed by atoms with Gasteiger partial charge in [0, 0.05) is 12.1 Å². The second-order valence-corrected chi connectivity index (χ2v) is 7.74. The highest BCUT2D eigenvalue weighted by Crippen LogP contribution is 2.26. The third-order valence-electron chi connectivity index (χ3n) is 5.60. The molecule has 6 nitrogen and oxygen atoms in total. The van der Waals surface area contributed by atoms with Gasteiger partial charge in [-0.05, 0) is 74.8 Å². The van der Waals surface area contributed by atoms with Crippen LogP contribution in [0.25, 0.3) is 0 Å². The number of likely N-dealkylation sites (tertiary alicyclic amines) is 1. The van der Waals surface area contributed by atoms with Crippen LogP contribution in [0.4, 0.5) is 4.39 Å². The number of fused-ring (bicyclic) bond motifs is 1. The Morgan fingerprint density at radius 1 is 1.00 bits per heavy atom. The summed E-state index contributed by atoms with van der Waals surface area (Å²) in [6.45, 7) is 3.77. The molecule has 0 aliphatic carbocycles. The number of amides is 3. The van der Waals surface area contributed by atoms with E-state index in [4.69, 9.17) is 0 Å². The summed E-state index contributed by atoms with van der Waals surface area (Å²) in [5.41, 5.74) is 1.35. The SMILES string of the molecule is O=C(NCCCN1CCCC1)c1ccc2c(c1)C(=O)N(Cc1cccc(F)c1)C2=O. The minimum Gasteiger partial charge on any atom is -0.352 e. The first kappa shape index (κ1) is 20.2. The summed E-state index contributed by atoms with van der Waals surface area (Å²) >= 11 is 0. The molecule has 1 fully saturated rings. The van der Waals surface area contributed by atoms with Crippen molar-refractivity contribution in [3.05, 3.63) is 70.5 Å². The molecule has 0 unspecified atom stereocenters. The van der Waals surface area contributed by atoms with E-state index in [-0.39, 0.29) is 23.6 Å². The highest BCUT2D eigenvalue weighted by molar-refractivity contribution is 6.22. The lowest BCUT2D eigenvalue weighted by Gasteiger charge is -2.14. The van der Waals surface area contributed by atoms with Gasteiger partial charge >= 0.3 is 0 Å². The van der Waals surface area contributed by atoms with Gasteiger partial charge in [0.25, 0.3) is 17.7 Å². The average Bonchev–Trinajstić information content (AvgIpc) is 3.34. The van der Waals surface area contributed by atoms with Crippen LogP contribution in [0.1, 0.15) is 55.9 Å². The third-order valence-corrected chi connectivity index (χ3v) is 5.60. The molecule has 1 saturated heterocycles. The van der Waals surface area contributed by atoms with Crippen molar-refractivity contribution in [2.75, 3.05) is 26.2 Å². The maximum absolute atomic E-state index is 13.4. The van der Waals surface area contributed by atoms with Gasteiger partial charge in [-0.25, -0.2) is 4.39 Å². The number of benzene rings is 2. The maximum atomic E-state index is 13.4. The lowest BCUT2D eigenvalue weighted by molar-refractivity contribution is 0.0642. The van der Waals surface area contributed by atoms with Gasteiger partial charge in [0.2, 0.25) is 0 Å². The van der Waals surface area contributed by atoms with Gasteiger partial charge < -0.3 is 10.2 Å². The molecule has 30 heavy (non-hydrogen) atoms. The van der Waals surface area contributed by atoms with Crippen molar-refractivity contribution < 1.29 is 18.8 Å². The fraction of sp³-hybridized carbons (Fsp3) is 0.348. The molecule has 2 aromatic rings. The first-order valence-corrected chi connectivity index (χ1v) is 10.3. The fourth-order valence-corrected chi connectivity index (χ4v) is 4.01. The van der Waals surface area contributed by atoms with E-state index in [0.29, 0.717) is 17.7 Å². The summed E-state index contributed by atoms with van der Waals surface area (Å²) in [7, 11) is 0. The number of imide groups is 1. The minimum atomic E-state index is -0.469. The van der Waals surface area contributed by atoms with Gasteiger partial charge in [-0.2, -0.15) is 0 Å². The Bertz CT molecular complexity index is 985. The van der Waals surface area contributed by atoms with Crippen LogP contribution in [0.3, 0.4) is 0 Å². The van der Waals surface area contributed by atoms with E-state index in [1.165, 1.54) is 43.2 Å². The van der Waals surface area contributed by atoms with Crippen molar-refractivity contribution in [1.82, 2.24) is 15.1 Å². The molecule has 0 bridgehead atoms. The number of nitrogens with zero attached hydrogens (tertiary/aromatic N) is 2. The first-order valence-electron chi connectivity index (χ1n) is 10.3. The predicted octanol–water partition coefficient (Wildman–Crippen LogP) is 2.84. The topological polar surface area (TPSA) is 69.7 Å². The van der Waals surface area contributed by atoms with Crippen molar-refractivity contribution in [3.8, 4) is 0 Å². The molecule has 2 aliphatic heterocycles. The zero-order chi connectivity index (χ0) is 21.1. The average molecular weight is 409 g/mol. The van der Waals surface area contributed by atoms with Crippen LogP contribution in [0.5, 0.6) is 0 Å². The van der Waals surface area contributed by atoms with Gasteiger partial charge in [-0.1, -0.05) is 12.1 Å². The van der Waals surface area contributed by atoms with Crippen molar-refractivity contribution in [3.63, 3.8) is 0 Å². The van der Waals surface area contributed by atoms with Crippen LogP contribution in [-0.2, 0) is 6.54 Å². The summed E-state index contributed by atoms with van der Waals surface area (Å²) < 4.78 is 13.4. The fourth-order valence-electron chi connectivity index (χ4n) is 4.01. The Morgan fingerprint density at radius 3 is 2.53 bits per heavy atom. The zero-order valence-corrected chi connectivity index (χ0v) is 16.7. The van der Waals surface area contributed by atoms with Crippen molar-refractivity contribution in [2.45, 2.75) is 25.8 Å². The summed E-state index contributed by atoms with van der Waals surface area (Å²) in [6, 6.07) is 10.3. The molecule has 2 aromatic carbocycles. The smallest absolute Gasteiger partial charge is 0.261 e. The summed E-state index contributed by atoms with van der Waals surface area (Å²) in [5, 5.41) is 2.88. The molecule has 156 valence electrons. The maximum Gasteiger partial charge on any atom is 0.261 e. The number of carbonyl (C=O) groups is 3. The molecule has 7 heteroatoms. The minimum absolute atomic E-state index is 0.0118. The van der Waals surface area contributed by atoms with E-state index in [1.54, 1.807) is 12.1 Å². The first-order chi connectivity index (χ1) is 14.5. The molecule has 0 saturated carbocycles. The van der Waals surface area contributed by atoms with Crippen LogP contribution < -0.4 is 5.32 Å². The van der Waals surface area contributed by atoms with Crippen molar-refractivity contribution in [1.29, 1.82) is 0 Å². The van der Waals surface area contributed by atoms with Gasteiger partial charge in [-0.15, -0.1) is 0 Å². The molecule has 1 N–H and O–H groups in total. The van der Waals surface area contributed by atoms with Crippen LogP contribution in [0.15, 0.2) is 42.5 Å². The molecule has 2 heterocycles. The van der Waals surface area contributed by atoms with E-state index in [0.717, 1.165) is 31.0 Å². The molecular formula is C23H24FN3O3. The summed E-state index contributed by atoms with van der Waals surface area (Å²) in [4.78, 5) is 41.3.